The lowest BCUT2D eigenvalue weighted by Crippen LogP contribution is -2.55. The molecule has 2 aliphatic heterocycles. The van der Waals surface area contributed by atoms with Gasteiger partial charge in [-0.15, -0.1) is 0 Å². The van der Waals surface area contributed by atoms with Crippen LogP contribution in [0.2, 0.25) is 0 Å². The molecule has 0 radical (unpaired) electrons. The molecule has 0 spiro atoms. The fraction of sp³-hybridized carbons (Fsp3) is 0.435. The van der Waals surface area contributed by atoms with E-state index < -0.39 is 46.4 Å². The average molecular weight is 482 g/mol. The van der Waals surface area contributed by atoms with Gasteiger partial charge in [0.25, 0.3) is 5.92 Å². The smallest absolute Gasteiger partial charge is 0.320 e. The number of likely N-dealkylation sites (tertiary alicyclic amines) is 2. The molecule has 0 aromatic heterocycles. The van der Waals surface area contributed by atoms with Crippen LogP contribution in [0.4, 0.5) is 18.0 Å². The van der Waals surface area contributed by atoms with Crippen molar-refractivity contribution in [2.24, 2.45) is 0 Å². The molecule has 2 amide bonds. The van der Waals surface area contributed by atoms with Crippen molar-refractivity contribution in [3.63, 3.8) is 0 Å². The van der Waals surface area contributed by atoms with E-state index in [9.17, 15) is 13.2 Å². The normalized spacial score (nSPS) is 22.3. The Bertz CT molecular complexity index is 1120. The molecule has 33 heavy (non-hydrogen) atoms. The number of halogens is 3. The zero-order valence-electron chi connectivity index (χ0n) is 18.2. The quantitative estimate of drug-likeness (QED) is 0.687. The molecule has 0 saturated carbocycles. The van der Waals surface area contributed by atoms with Gasteiger partial charge in [-0.3, -0.25) is 0 Å². The van der Waals surface area contributed by atoms with Crippen molar-refractivity contribution in [1.82, 2.24) is 14.5 Å². The summed E-state index contributed by atoms with van der Waals surface area (Å²) in [5.74, 6) is -4.46. The third-order valence-electron chi connectivity index (χ3n) is 6.27. The van der Waals surface area contributed by atoms with Gasteiger partial charge in [-0.1, -0.05) is 48.5 Å². The fourth-order valence-electron chi connectivity index (χ4n) is 4.28. The Hall–Kier alpha value is -2.59. The third-order valence-corrected chi connectivity index (χ3v) is 7.65. The first-order chi connectivity index (χ1) is 15.6. The van der Waals surface area contributed by atoms with Crippen LogP contribution in [0.25, 0.3) is 11.1 Å². The number of hydrogen-bond donors (Lipinski definition) is 1. The highest BCUT2D eigenvalue weighted by atomic mass is 32.2. The number of carbonyl (C=O) groups excluding carboxylic acids is 1. The van der Waals surface area contributed by atoms with E-state index in [1.807, 2.05) is 0 Å². The summed E-state index contributed by atoms with van der Waals surface area (Å²) in [6.07, 6.45) is 0.527. The lowest BCUT2D eigenvalue weighted by Gasteiger charge is -2.37. The molecule has 1 N–H and O–H groups in total. The Morgan fingerprint density at radius 1 is 1.12 bits per heavy atom. The predicted octanol–water partition coefficient (Wildman–Crippen LogP) is 3.49. The van der Waals surface area contributed by atoms with E-state index in [1.165, 1.54) is 17.9 Å². The van der Waals surface area contributed by atoms with E-state index in [4.69, 9.17) is 0 Å². The summed E-state index contributed by atoms with van der Waals surface area (Å²) >= 11 is 0. The van der Waals surface area contributed by atoms with Crippen molar-refractivity contribution < 1.29 is 26.4 Å². The van der Waals surface area contributed by atoms with E-state index in [2.05, 4.69) is 4.72 Å². The van der Waals surface area contributed by atoms with Crippen molar-refractivity contribution >= 4 is 16.1 Å². The zero-order chi connectivity index (χ0) is 23.8. The van der Waals surface area contributed by atoms with Crippen molar-refractivity contribution in [2.45, 2.75) is 37.8 Å². The topological polar surface area (TPSA) is 69.7 Å². The van der Waals surface area contributed by atoms with Gasteiger partial charge >= 0.3 is 6.03 Å². The standard InChI is InChI=1S/C23H26F3N3O3S/c1-2-33(31,32)27-21-19(29(15-23(21,25)26)22(30)28-12-7-13-28)14-17-10-6-11-18(20(17)24)16-8-4-3-5-9-16/h3-6,8-11,19,21,27H,2,7,12-15H2,1H3/t19-,21+/m0/s1. The molecular formula is C23H26F3N3O3S. The van der Waals surface area contributed by atoms with Crippen molar-refractivity contribution in [3.05, 3.63) is 59.9 Å². The molecule has 4 rings (SSSR count). The first-order valence-corrected chi connectivity index (χ1v) is 12.5. The van der Waals surface area contributed by atoms with Crippen LogP contribution in [-0.2, 0) is 16.4 Å². The number of hydrogen-bond acceptors (Lipinski definition) is 3. The monoisotopic (exact) mass is 481 g/mol. The number of carbonyl (C=O) groups is 1. The second-order valence-corrected chi connectivity index (χ2v) is 10.5. The van der Waals surface area contributed by atoms with Crippen molar-refractivity contribution in [3.8, 4) is 11.1 Å². The molecule has 0 bridgehead atoms. The Kier molecular flexibility index (Phi) is 6.41. The summed E-state index contributed by atoms with van der Waals surface area (Å²) < 4.78 is 72.0. The number of nitrogens with one attached hydrogen (secondary N) is 1. The molecule has 2 saturated heterocycles. The fourth-order valence-corrected chi connectivity index (χ4v) is 5.16. The average Bonchev–Trinajstić information content (AvgIpc) is 2.99. The molecule has 2 atom stereocenters. The molecule has 10 heteroatoms. The van der Waals surface area contributed by atoms with Crippen LogP contribution < -0.4 is 4.72 Å². The number of nitrogens with zero attached hydrogens (tertiary/aromatic N) is 2. The van der Waals surface area contributed by atoms with Gasteiger partial charge in [0.15, 0.2) is 0 Å². The molecule has 2 fully saturated rings. The van der Waals surface area contributed by atoms with Crippen molar-refractivity contribution in [2.75, 3.05) is 25.4 Å². The summed E-state index contributed by atoms with van der Waals surface area (Å²) in [5, 5.41) is 0. The molecule has 2 heterocycles. The molecule has 0 aliphatic carbocycles. The summed E-state index contributed by atoms with van der Waals surface area (Å²) in [6.45, 7) is 1.33. The first-order valence-electron chi connectivity index (χ1n) is 10.9. The maximum absolute atomic E-state index is 15.5. The Labute approximate surface area is 191 Å². The summed E-state index contributed by atoms with van der Waals surface area (Å²) in [6, 6.07) is 9.84. The summed E-state index contributed by atoms with van der Waals surface area (Å²) in [5.41, 5.74) is 1.08. The second-order valence-electron chi connectivity index (χ2n) is 8.43. The number of sulfonamides is 1. The molecule has 0 unspecified atom stereocenters. The Morgan fingerprint density at radius 2 is 1.82 bits per heavy atom. The van der Waals surface area contributed by atoms with Gasteiger partial charge in [0.05, 0.1) is 18.3 Å². The highest BCUT2D eigenvalue weighted by Gasteiger charge is 2.57. The van der Waals surface area contributed by atoms with E-state index in [1.54, 1.807) is 42.5 Å². The molecule has 2 aliphatic rings. The van der Waals surface area contributed by atoms with Gasteiger partial charge in [0.2, 0.25) is 10.0 Å². The van der Waals surface area contributed by atoms with Gasteiger partial charge in [-0.2, -0.15) is 0 Å². The van der Waals surface area contributed by atoms with Crippen LogP contribution >= 0.6 is 0 Å². The maximum atomic E-state index is 15.5. The van der Waals surface area contributed by atoms with Crippen LogP contribution in [0, 0.1) is 5.82 Å². The van der Waals surface area contributed by atoms with Crippen LogP contribution in [-0.4, -0.2) is 67.6 Å². The number of rotatable bonds is 6. The van der Waals surface area contributed by atoms with Gasteiger partial charge < -0.3 is 9.80 Å². The second kappa shape index (κ2) is 8.98. The third kappa shape index (κ3) is 4.72. The van der Waals surface area contributed by atoms with E-state index in [0.29, 0.717) is 24.2 Å². The number of benzene rings is 2. The minimum absolute atomic E-state index is 0.140. The Morgan fingerprint density at radius 3 is 2.42 bits per heavy atom. The Balaban J connectivity index is 1.71. The zero-order valence-corrected chi connectivity index (χ0v) is 19.0. The minimum atomic E-state index is -4.00. The van der Waals surface area contributed by atoms with Gasteiger partial charge in [-0.05, 0) is 30.9 Å². The number of alkyl halides is 2. The first kappa shape index (κ1) is 23.6. The molecular weight excluding hydrogens is 455 g/mol. The SMILES string of the molecule is CCS(=O)(=O)N[C@@H]1[C@H](Cc2cccc(-c3ccccc3)c2F)N(C(=O)N2CCC2)CC1(F)F. The molecule has 6 nitrogen and oxygen atoms in total. The summed E-state index contributed by atoms with van der Waals surface area (Å²) in [4.78, 5) is 15.4. The van der Waals surface area contributed by atoms with Crippen LogP contribution in [0.5, 0.6) is 0 Å². The molecule has 2 aromatic carbocycles. The van der Waals surface area contributed by atoms with E-state index in [-0.39, 0.29) is 17.7 Å². The minimum Gasteiger partial charge on any atom is -0.325 e. The van der Waals surface area contributed by atoms with Crippen LogP contribution in [0.3, 0.4) is 0 Å². The van der Waals surface area contributed by atoms with Gasteiger partial charge in [0, 0.05) is 18.7 Å². The number of amides is 2. The lowest BCUT2D eigenvalue weighted by atomic mass is 9.95. The van der Waals surface area contributed by atoms with E-state index in [0.717, 1.165) is 11.3 Å². The van der Waals surface area contributed by atoms with E-state index >= 15 is 13.2 Å². The highest BCUT2D eigenvalue weighted by molar-refractivity contribution is 7.89. The van der Waals surface area contributed by atoms with Gasteiger partial charge in [-0.25, -0.2) is 31.1 Å². The lowest BCUT2D eigenvalue weighted by molar-refractivity contribution is -0.00560. The molecule has 178 valence electrons. The summed E-state index contributed by atoms with van der Waals surface area (Å²) in [7, 11) is -4.00. The van der Waals surface area contributed by atoms with Crippen LogP contribution in [0.1, 0.15) is 18.9 Å². The van der Waals surface area contributed by atoms with Crippen molar-refractivity contribution in [1.29, 1.82) is 0 Å². The highest BCUT2D eigenvalue weighted by Crippen LogP contribution is 2.37. The predicted molar refractivity (Wildman–Crippen MR) is 119 cm³/mol. The molecule has 2 aromatic rings. The largest absolute Gasteiger partial charge is 0.325 e. The van der Waals surface area contributed by atoms with Gasteiger partial charge in [0.1, 0.15) is 11.9 Å². The maximum Gasteiger partial charge on any atom is 0.320 e. The van der Waals surface area contributed by atoms with Crippen LogP contribution in [0.15, 0.2) is 48.5 Å². The number of urea groups is 1.